The molecule has 0 heterocycles. The normalized spacial score (nSPS) is 15.2. The molecule has 0 saturated heterocycles. The van der Waals surface area contributed by atoms with Gasteiger partial charge in [-0.2, -0.15) is 0 Å². The van der Waals surface area contributed by atoms with Gasteiger partial charge in [-0.05, 0) is 57.7 Å². The van der Waals surface area contributed by atoms with Gasteiger partial charge in [-0.15, -0.1) is 0 Å². The summed E-state index contributed by atoms with van der Waals surface area (Å²) in [6.45, 7) is 2.96. The fourth-order valence-corrected chi connectivity index (χ4v) is 3.06. The van der Waals surface area contributed by atoms with Crippen LogP contribution < -0.4 is 20.1 Å². The smallest absolute Gasteiger partial charge is 0.226 e. The Morgan fingerprint density at radius 3 is 2.76 bits per heavy atom. The van der Waals surface area contributed by atoms with Crippen molar-refractivity contribution in [3.63, 3.8) is 0 Å². The van der Waals surface area contributed by atoms with Crippen molar-refractivity contribution >= 4 is 11.6 Å². The van der Waals surface area contributed by atoms with Crippen molar-refractivity contribution in [2.75, 3.05) is 26.1 Å². The molecule has 2 N–H and O–H groups in total. The van der Waals surface area contributed by atoms with Gasteiger partial charge in [-0.25, -0.2) is 0 Å². The van der Waals surface area contributed by atoms with Crippen LogP contribution in [-0.4, -0.2) is 32.7 Å². The Balaban J connectivity index is 1.76. The Hall–Kier alpha value is -2.01. The van der Waals surface area contributed by atoms with Crippen LogP contribution >= 0.6 is 0 Å². The van der Waals surface area contributed by atoms with Crippen molar-refractivity contribution in [3.05, 3.63) is 29.8 Å². The summed E-state index contributed by atoms with van der Waals surface area (Å²) in [5.74, 6) is 1.26. The number of carbonyl (C=O) groups is 1. The van der Waals surface area contributed by atoms with Gasteiger partial charge in [0.1, 0.15) is 11.5 Å². The van der Waals surface area contributed by atoms with E-state index in [2.05, 4.69) is 16.7 Å². The Kier molecular flexibility index (Phi) is 7.79. The van der Waals surface area contributed by atoms with E-state index >= 15 is 0 Å². The highest BCUT2D eigenvalue weighted by Crippen LogP contribution is 2.29. The molecule has 5 heteroatoms. The van der Waals surface area contributed by atoms with Crippen molar-refractivity contribution in [1.82, 2.24) is 5.32 Å². The summed E-state index contributed by atoms with van der Waals surface area (Å²) in [4.78, 5) is 12.3. The molecule has 0 radical (unpaired) electrons. The zero-order chi connectivity index (χ0) is 18.1. The molecule has 1 aliphatic carbocycles. The molecular formula is C20H30N2O3. The molecule has 2 rings (SSSR count). The van der Waals surface area contributed by atoms with Gasteiger partial charge >= 0.3 is 0 Å². The van der Waals surface area contributed by atoms with E-state index in [0.717, 1.165) is 13.0 Å². The van der Waals surface area contributed by atoms with Crippen LogP contribution in [0.1, 0.15) is 45.4 Å². The minimum Gasteiger partial charge on any atom is -0.497 e. The van der Waals surface area contributed by atoms with E-state index in [1.54, 1.807) is 38.0 Å². The zero-order valence-electron chi connectivity index (χ0n) is 15.6. The second-order valence-electron chi connectivity index (χ2n) is 6.53. The number of anilines is 1. The maximum atomic E-state index is 12.3. The van der Waals surface area contributed by atoms with Gasteiger partial charge in [0.2, 0.25) is 5.91 Å². The van der Waals surface area contributed by atoms with Gasteiger partial charge in [0.05, 0.1) is 19.9 Å². The van der Waals surface area contributed by atoms with Crippen LogP contribution in [0, 0.1) is 0 Å². The van der Waals surface area contributed by atoms with Crippen molar-refractivity contribution in [2.24, 2.45) is 0 Å². The predicted octanol–water partition coefficient (Wildman–Crippen LogP) is 3.90. The number of hydrogen-bond acceptors (Lipinski definition) is 4. The average molecular weight is 346 g/mol. The lowest BCUT2D eigenvalue weighted by Crippen LogP contribution is -2.31. The molecule has 1 atom stereocenters. The number of rotatable bonds is 9. The van der Waals surface area contributed by atoms with Gasteiger partial charge in [-0.1, -0.05) is 11.6 Å². The number of allylic oxidation sites excluding steroid dienone is 1. The molecule has 0 aromatic heterocycles. The molecule has 1 unspecified atom stereocenters. The summed E-state index contributed by atoms with van der Waals surface area (Å²) in [6.07, 6.45) is 8.96. The number of amides is 1. The van der Waals surface area contributed by atoms with Crippen LogP contribution in [0.25, 0.3) is 0 Å². The zero-order valence-corrected chi connectivity index (χ0v) is 15.6. The van der Waals surface area contributed by atoms with Crippen LogP contribution in [0.4, 0.5) is 5.69 Å². The lowest BCUT2D eigenvalue weighted by atomic mass is 9.97. The third-order valence-corrected chi connectivity index (χ3v) is 4.50. The van der Waals surface area contributed by atoms with Gasteiger partial charge in [0.15, 0.2) is 0 Å². The molecule has 1 aromatic rings. The van der Waals surface area contributed by atoms with E-state index in [9.17, 15) is 4.79 Å². The Labute approximate surface area is 150 Å². The molecule has 1 aromatic carbocycles. The molecular weight excluding hydrogens is 316 g/mol. The maximum absolute atomic E-state index is 12.3. The van der Waals surface area contributed by atoms with E-state index in [0.29, 0.717) is 23.6 Å². The SMILES string of the molecule is COc1ccc(NC(=O)CC(C)NCCC2=CCCCC2)c(OC)c1. The summed E-state index contributed by atoms with van der Waals surface area (Å²) in [7, 11) is 3.18. The van der Waals surface area contributed by atoms with E-state index in [1.807, 2.05) is 6.92 Å². The van der Waals surface area contributed by atoms with Crippen LogP contribution in [0.5, 0.6) is 11.5 Å². The highest BCUT2D eigenvalue weighted by molar-refractivity contribution is 5.92. The quantitative estimate of drug-likeness (QED) is 0.666. The summed E-state index contributed by atoms with van der Waals surface area (Å²) in [6, 6.07) is 5.49. The highest BCUT2D eigenvalue weighted by Gasteiger charge is 2.12. The monoisotopic (exact) mass is 346 g/mol. The number of hydrogen-bond donors (Lipinski definition) is 2. The second kappa shape index (κ2) is 10.1. The van der Waals surface area contributed by atoms with Crippen molar-refractivity contribution in [3.8, 4) is 11.5 Å². The van der Waals surface area contributed by atoms with Crippen LogP contribution in [0.3, 0.4) is 0 Å². The average Bonchev–Trinajstić information content (AvgIpc) is 2.62. The summed E-state index contributed by atoms with van der Waals surface area (Å²) >= 11 is 0. The fraction of sp³-hybridized carbons (Fsp3) is 0.550. The second-order valence-corrected chi connectivity index (χ2v) is 6.53. The lowest BCUT2D eigenvalue weighted by Gasteiger charge is -2.17. The van der Waals surface area contributed by atoms with E-state index in [-0.39, 0.29) is 11.9 Å². The first-order valence-corrected chi connectivity index (χ1v) is 9.05. The van der Waals surface area contributed by atoms with Crippen LogP contribution in [0.15, 0.2) is 29.8 Å². The molecule has 0 spiro atoms. The van der Waals surface area contributed by atoms with Crippen molar-refractivity contribution < 1.29 is 14.3 Å². The molecule has 138 valence electrons. The van der Waals surface area contributed by atoms with Crippen LogP contribution in [-0.2, 0) is 4.79 Å². The molecule has 1 aliphatic rings. The first-order chi connectivity index (χ1) is 12.1. The van der Waals surface area contributed by atoms with Gasteiger partial charge in [0, 0.05) is 18.5 Å². The molecule has 0 aliphatic heterocycles. The number of nitrogens with one attached hydrogen (secondary N) is 2. The molecule has 1 amide bonds. The first kappa shape index (κ1) is 19.3. The number of benzene rings is 1. The maximum Gasteiger partial charge on any atom is 0.226 e. The Morgan fingerprint density at radius 2 is 2.08 bits per heavy atom. The third kappa shape index (κ3) is 6.42. The molecule has 0 bridgehead atoms. The van der Waals surface area contributed by atoms with E-state index in [1.165, 1.54) is 25.7 Å². The summed E-state index contributed by atoms with van der Waals surface area (Å²) in [5, 5.41) is 6.35. The van der Waals surface area contributed by atoms with Crippen molar-refractivity contribution in [1.29, 1.82) is 0 Å². The molecule has 0 saturated carbocycles. The molecule has 25 heavy (non-hydrogen) atoms. The fourth-order valence-electron chi connectivity index (χ4n) is 3.06. The number of ether oxygens (including phenoxy) is 2. The highest BCUT2D eigenvalue weighted by atomic mass is 16.5. The standard InChI is InChI=1S/C20H30N2O3/c1-15(21-12-11-16-7-5-4-6-8-16)13-20(23)22-18-10-9-17(24-2)14-19(18)25-3/h7,9-10,14-15,21H,4-6,8,11-13H2,1-3H3,(H,22,23). The summed E-state index contributed by atoms with van der Waals surface area (Å²) in [5.41, 5.74) is 2.21. The molecule has 0 fully saturated rings. The minimum absolute atomic E-state index is 0.0275. The first-order valence-electron chi connectivity index (χ1n) is 9.05. The number of methoxy groups -OCH3 is 2. The summed E-state index contributed by atoms with van der Waals surface area (Å²) < 4.78 is 10.5. The third-order valence-electron chi connectivity index (χ3n) is 4.50. The predicted molar refractivity (Wildman–Crippen MR) is 101 cm³/mol. The minimum atomic E-state index is -0.0275. The van der Waals surface area contributed by atoms with E-state index in [4.69, 9.17) is 9.47 Å². The van der Waals surface area contributed by atoms with E-state index < -0.39 is 0 Å². The largest absolute Gasteiger partial charge is 0.497 e. The molecule has 5 nitrogen and oxygen atoms in total. The Bertz CT molecular complexity index is 599. The topological polar surface area (TPSA) is 59.6 Å². The van der Waals surface area contributed by atoms with Gasteiger partial charge in [0.25, 0.3) is 0 Å². The van der Waals surface area contributed by atoms with Crippen LogP contribution in [0.2, 0.25) is 0 Å². The van der Waals surface area contributed by atoms with Gasteiger partial charge in [-0.3, -0.25) is 4.79 Å². The number of carbonyl (C=O) groups excluding carboxylic acids is 1. The van der Waals surface area contributed by atoms with Crippen molar-refractivity contribution in [2.45, 2.75) is 51.5 Å². The Morgan fingerprint density at radius 1 is 1.24 bits per heavy atom. The van der Waals surface area contributed by atoms with Gasteiger partial charge < -0.3 is 20.1 Å². The lowest BCUT2D eigenvalue weighted by molar-refractivity contribution is -0.116.